The molecule has 0 heterocycles. The molecular weight excluding hydrogens is 222 g/mol. The normalized spacial score (nSPS) is 11.6. The number of carboxylic acid groups (broad SMARTS) is 1. The van der Waals surface area contributed by atoms with Crippen molar-refractivity contribution in [2.45, 2.75) is 6.92 Å². The molecular formula is C12H13NO4. The zero-order valence-corrected chi connectivity index (χ0v) is 9.34. The Balaban J connectivity index is 3.37. The second kappa shape index (κ2) is 5.69. The van der Waals surface area contributed by atoms with E-state index < -0.39 is 11.9 Å². The Bertz CT molecular complexity index is 451. The van der Waals surface area contributed by atoms with Gasteiger partial charge in [0.2, 0.25) is 0 Å². The molecule has 17 heavy (non-hydrogen) atoms. The molecule has 0 radical (unpaired) electrons. The predicted molar refractivity (Wildman–Crippen MR) is 61.8 cm³/mol. The molecule has 0 atom stereocenters. The largest absolute Gasteiger partial charge is 0.488 e. The van der Waals surface area contributed by atoms with Gasteiger partial charge in [0.05, 0.1) is 6.61 Å². The van der Waals surface area contributed by atoms with Gasteiger partial charge in [0.25, 0.3) is 5.91 Å². The summed E-state index contributed by atoms with van der Waals surface area (Å²) in [6.07, 6.45) is 0. The number of primary amides is 1. The van der Waals surface area contributed by atoms with Crippen molar-refractivity contribution in [1.82, 2.24) is 0 Å². The van der Waals surface area contributed by atoms with Gasteiger partial charge in [-0.15, -0.1) is 0 Å². The van der Waals surface area contributed by atoms with Gasteiger partial charge in [-0.25, -0.2) is 4.79 Å². The molecule has 5 heteroatoms. The SMILES string of the molecule is CCOC(C(N)=O)=C(C(=O)O)c1ccccc1. The summed E-state index contributed by atoms with van der Waals surface area (Å²) < 4.78 is 5.01. The standard InChI is InChI=1S/C12H13NO4/c1-2-17-10(11(13)14)9(12(15)16)8-6-4-3-5-7-8/h3-7H,2H2,1H3,(H2,13,14)(H,15,16). The summed E-state index contributed by atoms with van der Waals surface area (Å²) in [5.74, 6) is -2.47. The average molecular weight is 235 g/mol. The second-order valence-electron chi connectivity index (χ2n) is 3.17. The molecule has 0 aliphatic rings. The van der Waals surface area contributed by atoms with Crippen LogP contribution in [-0.2, 0) is 14.3 Å². The minimum atomic E-state index is -1.25. The van der Waals surface area contributed by atoms with Crippen LogP contribution in [0.15, 0.2) is 36.1 Å². The lowest BCUT2D eigenvalue weighted by molar-refractivity contribution is -0.131. The van der Waals surface area contributed by atoms with E-state index in [4.69, 9.17) is 15.6 Å². The highest BCUT2D eigenvalue weighted by Gasteiger charge is 2.21. The minimum Gasteiger partial charge on any atom is -0.488 e. The molecule has 3 N–H and O–H groups in total. The Morgan fingerprint density at radius 1 is 1.29 bits per heavy atom. The van der Waals surface area contributed by atoms with Crippen LogP contribution in [0.25, 0.3) is 5.57 Å². The van der Waals surface area contributed by atoms with Gasteiger partial charge in [0.15, 0.2) is 5.76 Å². The molecule has 5 nitrogen and oxygen atoms in total. The third-order valence-corrected chi connectivity index (χ3v) is 2.02. The Hall–Kier alpha value is -2.30. The van der Waals surface area contributed by atoms with E-state index in [-0.39, 0.29) is 17.9 Å². The smallest absolute Gasteiger partial charge is 0.340 e. The second-order valence-corrected chi connectivity index (χ2v) is 3.17. The van der Waals surface area contributed by atoms with Gasteiger partial charge in [-0.1, -0.05) is 30.3 Å². The molecule has 1 aromatic carbocycles. The zero-order chi connectivity index (χ0) is 12.8. The van der Waals surface area contributed by atoms with Crippen LogP contribution in [-0.4, -0.2) is 23.6 Å². The van der Waals surface area contributed by atoms with Crippen LogP contribution in [0.4, 0.5) is 0 Å². The Morgan fingerprint density at radius 3 is 2.29 bits per heavy atom. The van der Waals surface area contributed by atoms with Crippen LogP contribution in [0.5, 0.6) is 0 Å². The van der Waals surface area contributed by atoms with E-state index in [1.54, 1.807) is 37.3 Å². The average Bonchev–Trinajstić information content (AvgIpc) is 2.29. The maximum absolute atomic E-state index is 11.2. The summed E-state index contributed by atoms with van der Waals surface area (Å²) >= 11 is 0. The Kier molecular flexibility index (Phi) is 4.28. The topological polar surface area (TPSA) is 89.6 Å². The molecule has 0 saturated carbocycles. The van der Waals surface area contributed by atoms with Crippen molar-refractivity contribution >= 4 is 17.4 Å². The first-order chi connectivity index (χ1) is 8.07. The number of nitrogens with two attached hydrogens (primary N) is 1. The number of ether oxygens (including phenoxy) is 1. The van der Waals surface area contributed by atoms with Crippen molar-refractivity contribution in [3.63, 3.8) is 0 Å². The summed E-state index contributed by atoms with van der Waals surface area (Å²) in [5, 5.41) is 9.13. The number of hydrogen-bond donors (Lipinski definition) is 2. The van der Waals surface area contributed by atoms with Crippen molar-refractivity contribution in [1.29, 1.82) is 0 Å². The first kappa shape index (κ1) is 12.8. The molecule has 1 aromatic rings. The van der Waals surface area contributed by atoms with E-state index in [9.17, 15) is 9.59 Å². The first-order valence-electron chi connectivity index (χ1n) is 5.03. The summed E-state index contributed by atoms with van der Waals surface area (Å²) in [7, 11) is 0. The van der Waals surface area contributed by atoms with Gasteiger partial charge in [-0.2, -0.15) is 0 Å². The van der Waals surface area contributed by atoms with Crippen molar-refractivity contribution in [3.8, 4) is 0 Å². The molecule has 0 aromatic heterocycles. The molecule has 0 aliphatic carbocycles. The lowest BCUT2D eigenvalue weighted by Crippen LogP contribution is -2.20. The van der Waals surface area contributed by atoms with Crippen LogP contribution in [0.2, 0.25) is 0 Å². The van der Waals surface area contributed by atoms with Gasteiger partial charge in [-0.3, -0.25) is 4.79 Å². The molecule has 0 aliphatic heterocycles. The monoisotopic (exact) mass is 235 g/mol. The highest BCUT2D eigenvalue weighted by molar-refractivity contribution is 6.21. The molecule has 1 rings (SSSR count). The van der Waals surface area contributed by atoms with E-state index >= 15 is 0 Å². The van der Waals surface area contributed by atoms with Crippen molar-refractivity contribution < 1.29 is 19.4 Å². The lowest BCUT2D eigenvalue weighted by Gasteiger charge is -2.10. The number of aliphatic carboxylic acids is 1. The highest BCUT2D eigenvalue weighted by Crippen LogP contribution is 2.19. The molecule has 0 saturated heterocycles. The molecule has 0 spiro atoms. The molecule has 0 bridgehead atoms. The number of carbonyl (C=O) groups excluding carboxylic acids is 1. The Morgan fingerprint density at radius 2 is 1.88 bits per heavy atom. The van der Waals surface area contributed by atoms with E-state index in [0.717, 1.165) is 0 Å². The van der Waals surface area contributed by atoms with Gasteiger partial charge in [-0.05, 0) is 12.5 Å². The van der Waals surface area contributed by atoms with Crippen molar-refractivity contribution in [2.24, 2.45) is 5.73 Å². The van der Waals surface area contributed by atoms with Gasteiger partial charge >= 0.3 is 5.97 Å². The third kappa shape index (κ3) is 3.07. The number of rotatable bonds is 5. The summed E-state index contributed by atoms with van der Waals surface area (Å²) in [4.78, 5) is 22.4. The van der Waals surface area contributed by atoms with Crippen LogP contribution in [0, 0.1) is 0 Å². The van der Waals surface area contributed by atoms with Crippen LogP contribution >= 0.6 is 0 Å². The fraction of sp³-hybridized carbons (Fsp3) is 0.167. The summed E-state index contributed by atoms with van der Waals surface area (Å²) in [5.41, 5.74) is 5.27. The maximum Gasteiger partial charge on any atom is 0.340 e. The molecule has 90 valence electrons. The predicted octanol–water partition coefficient (Wildman–Crippen LogP) is 1.00. The number of benzene rings is 1. The minimum absolute atomic E-state index is 0.169. The van der Waals surface area contributed by atoms with Crippen LogP contribution < -0.4 is 5.73 Å². The van der Waals surface area contributed by atoms with E-state index in [2.05, 4.69) is 0 Å². The number of carboxylic acids is 1. The summed E-state index contributed by atoms with van der Waals surface area (Å²) in [6.45, 7) is 1.81. The van der Waals surface area contributed by atoms with Gasteiger partial charge in [0, 0.05) is 0 Å². The number of amides is 1. The lowest BCUT2D eigenvalue weighted by atomic mass is 10.0. The third-order valence-electron chi connectivity index (χ3n) is 2.02. The van der Waals surface area contributed by atoms with Gasteiger partial charge < -0.3 is 15.6 Å². The van der Waals surface area contributed by atoms with Crippen LogP contribution in [0.3, 0.4) is 0 Å². The number of carbonyl (C=O) groups is 2. The fourth-order valence-corrected chi connectivity index (χ4v) is 1.37. The molecule has 1 amide bonds. The van der Waals surface area contributed by atoms with Gasteiger partial charge in [0.1, 0.15) is 5.57 Å². The fourth-order valence-electron chi connectivity index (χ4n) is 1.37. The van der Waals surface area contributed by atoms with E-state index in [0.29, 0.717) is 5.56 Å². The van der Waals surface area contributed by atoms with Crippen molar-refractivity contribution in [2.75, 3.05) is 6.61 Å². The number of hydrogen-bond acceptors (Lipinski definition) is 3. The first-order valence-corrected chi connectivity index (χ1v) is 5.03. The zero-order valence-electron chi connectivity index (χ0n) is 9.34. The maximum atomic E-state index is 11.2. The van der Waals surface area contributed by atoms with Crippen LogP contribution in [0.1, 0.15) is 12.5 Å². The quantitative estimate of drug-likeness (QED) is 0.588. The summed E-state index contributed by atoms with van der Waals surface area (Å²) in [6, 6.07) is 8.23. The highest BCUT2D eigenvalue weighted by atomic mass is 16.5. The molecule has 0 unspecified atom stereocenters. The van der Waals surface area contributed by atoms with E-state index in [1.807, 2.05) is 0 Å². The van der Waals surface area contributed by atoms with E-state index in [1.165, 1.54) is 0 Å². The van der Waals surface area contributed by atoms with Crippen molar-refractivity contribution in [3.05, 3.63) is 41.7 Å². The Labute approximate surface area is 98.5 Å². The molecule has 0 fully saturated rings.